The van der Waals surface area contributed by atoms with E-state index in [9.17, 15) is 9.59 Å². The normalized spacial score (nSPS) is 26.7. The van der Waals surface area contributed by atoms with Crippen LogP contribution in [0.15, 0.2) is 0 Å². The zero-order valence-electron chi connectivity index (χ0n) is 14.7. The van der Waals surface area contributed by atoms with E-state index in [0.717, 1.165) is 32.6 Å². The highest BCUT2D eigenvalue weighted by molar-refractivity contribution is 5.79. The van der Waals surface area contributed by atoms with Gasteiger partial charge in [0.15, 0.2) is 0 Å². The van der Waals surface area contributed by atoms with Gasteiger partial charge in [-0.3, -0.25) is 14.5 Å². The first-order valence-corrected chi connectivity index (χ1v) is 9.22. The lowest BCUT2D eigenvalue weighted by molar-refractivity contribution is -0.141. The second-order valence-electron chi connectivity index (χ2n) is 7.13. The summed E-state index contributed by atoms with van der Waals surface area (Å²) in [4.78, 5) is 25.7. The average Bonchev–Trinajstić information content (AvgIpc) is 2.60. The number of hydrogen-bond acceptors (Lipinski definition) is 5. The number of likely N-dealkylation sites (tertiary alicyclic amines) is 1. The van der Waals surface area contributed by atoms with E-state index in [1.54, 1.807) is 6.92 Å². The molecular formula is C17H32N4O3. The predicted octanol–water partition coefficient (Wildman–Crippen LogP) is 0.0820. The average molecular weight is 340 g/mol. The minimum absolute atomic E-state index is 0.00340. The molecule has 1 amide bonds. The summed E-state index contributed by atoms with van der Waals surface area (Å²) in [5.41, 5.74) is 0. The fourth-order valence-electron chi connectivity index (χ4n) is 3.49. The van der Waals surface area contributed by atoms with Gasteiger partial charge in [-0.1, -0.05) is 13.3 Å². The van der Waals surface area contributed by atoms with Gasteiger partial charge in [-0.2, -0.15) is 0 Å². The second kappa shape index (κ2) is 9.96. The summed E-state index contributed by atoms with van der Waals surface area (Å²) in [7, 11) is 0. The third kappa shape index (κ3) is 6.03. The maximum Gasteiger partial charge on any atom is 0.307 e. The molecule has 4 N–H and O–H groups in total. The number of aliphatic carboxylic acids is 1. The van der Waals surface area contributed by atoms with Crippen molar-refractivity contribution in [2.24, 2.45) is 17.8 Å². The van der Waals surface area contributed by atoms with Crippen LogP contribution in [0.3, 0.4) is 0 Å². The molecule has 0 aromatic rings. The molecule has 2 aliphatic rings. The van der Waals surface area contributed by atoms with Gasteiger partial charge in [0.2, 0.25) is 5.91 Å². The van der Waals surface area contributed by atoms with E-state index in [1.807, 2.05) is 0 Å². The summed E-state index contributed by atoms with van der Waals surface area (Å²) in [5, 5.41) is 18.6. The number of hydrogen-bond donors (Lipinski definition) is 4. The van der Waals surface area contributed by atoms with Crippen molar-refractivity contribution < 1.29 is 14.7 Å². The number of carboxylic acid groups (broad SMARTS) is 1. The maximum absolute atomic E-state index is 12.6. The standard InChI is InChI=1S/C17H32N4O3/c1-13(17(23)24)9-19-11-14-10-18-6-5-15(14)16(22)20-12-21-7-3-2-4-8-21/h13-15,18-19H,2-12H2,1H3,(H,20,22)(H,23,24). The van der Waals surface area contributed by atoms with Crippen LogP contribution in [0, 0.1) is 17.8 Å². The molecule has 24 heavy (non-hydrogen) atoms. The third-order valence-corrected chi connectivity index (χ3v) is 5.15. The topological polar surface area (TPSA) is 93.7 Å². The molecule has 3 atom stereocenters. The molecule has 0 aromatic carbocycles. The van der Waals surface area contributed by atoms with E-state index >= 15 is 0 Å². The maximum atomic E-state index is 12.6. The van der Waals surface area contributed by atoms with Gasteiger partial charge < -0.3 is 21.1 Å². The molecule has 0 bridgehead atoms. The Kier molecular flexibility index (Phi) is 7.94. The third-order valence-electron chi connectivity index (χ3n) is 5.15. The molecule has 0 aromatic heterocycles. The molecule has 7 heteroatoms. The molecule has 2 aliphatic heterocycles. The quantitative estimate of drug-likeness (QED) is 0.500. The van der Waals surface area contributed by atoms with Crippen LogP contribution in [0.1, 0.15) is 32.6 Å². The molecule has 0 radical (unpaired) electrons. The largest absolute Gasteiger partial charge is 0.481 e. The fourth-order valence-corrected chi connectivity index (χ4v) is 3.49. The van der Waals surface area contributed by atoms with Crippen molar-refractivity contribution in [2.45, 2.75) is 32.6 Å². The molecule has 2 rings (SSSR count). The monoisotopic (exact) mass is 340 g/mol. The van der Waals surface area contributed by atoms with Gasteiger partial charge in [-0.25, -0.2) is 0 Å². The fraction of sp³-hybridized carbons (Fsp3) is 0.882. The van der Waals surface area contributed by atoms with Gasteiger partial charge in [-0.15, -0.1) is 0 Å². The second-order valence-corrected chi connectivity index (χ2v) is 7.13. The Bertz CT molecular complexity index is 413. The van der Waals surface area contributed by atoms with Crippen LogP contribution in [0.4, 0.5) is 0 Å². The van der Waals surface area contributed by atoms with Crippen molar-refractivity contribution in [3.05, 3.63) is 0 Å². The van der Waals surface area contributed by atoms with Crippen LogP contribution in [0.5, 0.6) is 0 Å². The number of carbonyl (C=O) groups excluding carboxylic acids is 1. The van der Waals surface area contributed by atoms with Crippen molar-refractivity contribution >= 4 is 11.9 Å². The zero-order valence-corrected chi connectivity index (χ0v) is 14.7. The number of carboxylic acids is 1. The molecule has 0 aliphatic carbocycles. The van der Waals surface area contributed by atoms with E-state index in [4.69, 9.17) is 5.11 Å². The van der Waals surface area contributed by atoms with Crippen LogP contribution >= 0.6 is 0 Å². The van der Waals surface area contributed by atoms with E-state index in [1.165, 1.54) is 19.3 Å². The summed E-state index contributed by atoms with van der Waals surface area (Å²) in [5.74, 6) is -0.849. The number of nitrogens with one attached hydrogen (secondary N) is 3. The first kappa shape index (κ1) is 19.1. The highest BCUT2D eigenvalue weighted by Crippen LogP contribution is 2.19. The van der Waals surface area contributed by atoms with Gasteiger partial charge >= 0.3 is 5.97 Å². The van der Waals surface area contributed by atoms with Gasteiger partial charge in [0.25, 0.3) is 0 Å². The smallest absolute Gasteiger partial charge is 0.307 e. The molecule has 138 valence electrons. The molecule has 7 nitrogen and oxygen atoms in total. The number of nitrogens with zero attached hydrogens (tertiary/aromatic N) is 1. The van der Waals surface area contributed by atoms with Crippen LogP contribution < -0.4 is 16.0 Å². The van der Waals surface area contributed by atoms with Crippen molar-refractivity contribution in [1.82, 2.24) is 20.9 Å². The lowest BCUT2D eigenvalue weighted by Gasteiger charge is -2.33. The molecule has 2 saturated heterocycles. The highest BCUT2D eigenvalue weighted by atomic mass is 16.4. The van der Waals surface area contributed by atoms with Crippen molar-refractivity contribution in [2.75, 3.05) is 45.9 Å². The van der Waals surface area contributed by atoms with Gasteiger partial charge in [0.05, 0.1) is 12.6 Å². The summed E-state index contributed by atoms with van der Waals surface area (Å²) < 4.78 is 0. The molecule has 3 unspecified atom stereocenters. The van der Waals surface area contributed by atoms with Crippen LogP contribution in [-0.4, -0.2) is 67.8 Å². The van der Waals surface area contributed by atoms with Crippen molar-refractivity contribution in [3.8, 4) is 0 Å². The highest BCUT2D eigenvalue weighted by Gasteiger charge is 2.30. The summed E-state index contributed by atoms with van der Waals surface area (Å²) in [6.45, 7) is 7.27. The Hall–Kier alpha value is -1.18. The molecule has 0 saturated carbocycles. The predicted molar refractivity (Wildman–Crippen MR) is 92.6 cm³/mol. The van der Waals surface area contributed by atoms with Crippen LogP contribution in [0.2, 0.25) is 0 Å². The van der Waals surface area contributed by atoms with E-state index in [-0.39, 0.29) is 17.7 Å². The van der Waals surface area contributed by atoms with Gasteiger partial charge in [-0.05, 0) is 57.9 Å². The minimum Gasteiger partial charge on any atom is -0.481 e. The van der Waals surface area contributed by atoms with Gasteiger partial charge in [0.1, 0.15) is 0 Å². The Morgan fingerprint density at radius 1 is 1.29 bits per heavy atom. The Morgan fingerprint density at radius 2 is 2.04 bits per heavy atom. The summed E-state index contributed by atoms with van der Waals surface area (Å²) in [6, 6.07) is 0. The number of amides is 1. The van der Waals surface area contributed by atoms with Crippen molar-refractivity contribution in [3.63, 3.8) is 0 Å². The van der Waals surface area contributed by atoms with E-state index < -0.39 is 11.9 Å². The Labute approximate surface area is 144 Å². The number of piperidine rings is 2. The molecule has 2 fully saturated rings. The van der Waals surface area contributed by atoms with E-state index in [2.05, 4.69) is 20.9 Å². The molecular weight excluding hydrogens is 308 g/mol. The molecule has 2 heterocycles. The first-order valence-electron chi connectivity index (χ1n) is 9.22. The molecule has 0 spiro atoms. The number of carbonyl (C=O) groups is 2. The summed E-state index contributed by atoms with van der Waals surface area (Å²) >= 11 is 0. The first-order chi connectivity index (χ1) is 11.6. The SMILES string of the molecule is CC(CNCC1CNCCC1C(=O)NCN1CCCCC1)C(=O)O. The van der Waals surface area contributed by atoms with Gasteiger partial charge in [0, 0.05) is 12.5 Å². The summed E-state index contributed by atoms with van der Waals surface area (Å²) in [6.07, 6.45) is 4.57. The van der Waals surface area contributed by atoms with Crippen LogP contribution in [-0.2, 0) is 9.59 Å². The van der Waals surface area contributed by atoms with E-state index in [0.29, 0.717) is 19.8 Å². The van der Waals surface area contributed by atoms with Crippen LogP contribution in [0.25, 0.3) is 0 Å². The zero-order chi connectivity index (χ0) is 17.4. The lowest BCUT2D eigenvalue weighted by Crippen LogP contribution is -2.50. The Balaban J connectivity index is 1.74. The lowest BCUT2D eigenvalue weighted by atomic mass is 9.85. The van der Waals surface area contributed by atoms with Crippen molar-refractivity contribution in [1.29, 1.82) is 0 Å². The number of rotatable bonds is 8. The Morgan fingerprint density at radius 3 is 2.75 bits per heavy atom. The minimum atomic E-state index is -0.792.